The van der Waals surface area contributed by atoms with E-state index in [4.69, 9.17) is 10.8 Å². The Bertz CT molecular complexity index is 471. The fraction of sp³-hybridized carbons (Fsp3) is 0.529. The van der Waals surface area contributed by atoms with E-state index < -0.39 is 12.0 Å². The number of hydrogen-bond donors (Lipinski definition) is 3. The molecule has 0 bridgehead atoms. The molecule has 4 N–H and O–H groups in total. The second-order valence-corrected chi connectivity index (χ2v) is 5.55. The molecule has 1 unspecified atom stereocenters. The normalized spacial score (nSPS) is 11.9. The highest BCUT2D eigenvalue weighted by molar-refractivity contribution is 5.78. The molecule has 0 heterocycles. The van der Waals surface area contributed by atoms with Gasteiger partial charge < -0.3 is 16.2 Å². The third-order valence-corrected chi connectivity index (χ3v) is 3.51. The van der Waals surface area contributed by atoms with Gasteiger partial charge in [0, 0.05) is 6.54 Å². The van der Waals surface area contributed by atoms with Gasteiger partial charge in [-0.3, -0.25) is 9.59 Å². The van der Waals surface area contributed by atoms with Gasteiger partial charge in [-0.05, 0) is 24.0 Å². The molecule has 0 aliphatic carbocycles. The van der Waals surface area contributed by atoms with Crippen molar-refractivity contribution in [3.63, 3.8) is 0 Å². The minimum atomic E-state index is -1.01. The van der Waals surface area contributed by atoms with E-state index in [1.807, 2.05) is 24.3 Å². The van der Waals surface area contributed by atoms with Gasteiger partial charge in [-0.15, -0.1) is 0 Å². The molecule has 0 aliphatic rings. The Kier molecular flexibility index (Phi) is 8.22. The molecular formula is C17H26N2O3. The first-order chi connectivity index (χ1) is 10.5. The highest BCUT2D eigenvalue weighted by atomic mass is 16.4. The predicted octanol–water partition coefficient (Wildman–Crippen LogP) is 1.88. The third kappa shape index (κ3) is 7.22. The topological polar surface area (TPSA) is 92.4 Å². The largest absolute Gasteiger partial charge is 0.480 e. The van der Waals surface area contributed by atoms with E-state index in [0.29, 0.717) is 12.8 Å². The van der Waals surface area contributed by atoms with Crippen molar-refractivity contribution >= 4 is 11.9 Å². The first-order valence-electron chi connectivity index (χ1n) is 7.85. The summed E-state index contributed by atoms with van der Waals surface area (Å²) in [6, 6.07) is 6.46. The van der Waals surface area contributed by atoms with Gasteiger partial charge in [-0.1, -0.05) is 50.5 Å². The van der Waals surface area contributed by atoms with Gasteiger partial charge in [0.1, 0.15) is 6.04 Å². The summed E-state index contributed by atoms with van der Waals surface area (Å²) >= 11 is 0. The standard InChI is InChI=1S/C17H26N2O3/c1-2-3-4-5-10-19-16(20)12-14-8-6-13(7-9-14)11-15(18)17(21)22/h6-9,15H,2-5,10-12,18H2,1H3,(H,19,20)(H,21,22). The van der Waals surface area contributed by atoms with E-state index in [1.165, 1.54) is 12.8 Å². The monoisotopic (exact) mass is 306 g/mol. The quantitative estimate of drug-likeness (QED) is 0.575. The van der Waals surface area contributed by atoms with Gasteiger partial charge in [0.25, 0.3) is 0 Å². The molecule has 0 spiro atoms. The number of rotatable bonds is 10. The highest BCUT2D eigenvalue weighted by Crippen LogP contribution is 2.07. The summed E-state index contributed by atoms with van der Waals surface area (Å²) < 4.78 is 0. The molecule has 0 saturated heterocycles. The highest BCUT2D eigenvalue weighted by Gasteiger charge is 2.12. The average molecular weight is 306 g/mol. The lowest BCUT2D eigenvalue weighted by Crippen LogP contribution is -2.32. The average Bonchev–Trinajstić information content (AvgIpc) is 2.49. The Hall–Kier alpha value is -1.88. The number of amides is 1. The number of unbranched alkanes of at least 4 members (excludes halogenated alkanes) is 3. The van der Waals surface area contributed by atoms with E-state index in [9.17, 15) is 9.59 Å². The smallest absolute Gasteiger partial charge is 0.320 e. The van der Waals surface area contributed by atoms with Crippen LogP contribution in [0.4, 0.5) is 0 Å². The molecule has 5 nitrogen and oxygen atoms in total. The second-order valence-electron chi connectivity index (χ2n) is 5.55. The van der Waals surface area contributed by atoms with Crippen molar-refractivity contribution in [2.75, 3.05) is 6.54 Å². The minimum Gasteiger partial charge on any atom is -0.480 e. The van der Waals surface area contributed by atoms with Crippen LogP contribution in [0.1, 0.15) is 43.7 Å². The summed E-state index contributed by atoms with van der Waals surface area (Å²) in [5.74, 6) is -0.988. The molecule has 0 aromatic heterocycles. The van der Waals surface area contributed by atoms with Crippen molar-refractivity contribution in [1.29, 1.82) is 0 Å². The summed E-state index contributed by atoms with van der Waals surface area (Å²) in [4.78, 5) is 22.5. The van der Waals surface area contributed by atoms with Gasteiger partial charge in [-0.25, -0.2) is 0 Å². The molecule has 1 rings (SSSR count). The van der Waals surface area contributed by atoms with Gasteiger partial charge in [0.05, 0.1) is 6.42 Å². The molecule has 0 radical (unpaired) electrons. The zero-order valence-corrected chi connectivity index (χ0v) is 13.2. The fourth-order valence-electron chi connectivity index (χ4n) is 2.16. The zero-order valence-electron chi connectivity index (χ0n) is 13.2. The molecule has 0 fully saturated rings. The maximum absolute atomic E-state index is 11.8. The number of carboxylic acids is 1. The van der Waals surface area contributed by atoms with Crippen LogP contribution in [-0.4, -0.2) is 29.6 Å². The maximum atomic E-state index is 11.8. The SMILES string of the molecule is CCCCCCNC(=O)Cc1ccc(CC(N)C(=O)O)cc1. The predicted molar refractivity (Wildman–Crippen MR) is 86.6 cm³/mol. The van der Waals surface area contributed by atoms with E-state index in [1.54, 1.807) is 0 Å². The van der Waals surface area contributed by atoms with Crippen LogP contribution in [0.5, 0.6) is 0 Å². The van der Waals surface area contributed by atoms with Crippen molar-refractivity contribution in [2.24, 2.45) is 5.73 Å². The number of nitrogens with one attached hydrogen (secondary N) is 1. The number of carbonyl (C=O) groups excluding carboxylic acids is 1. The first kappa shape index (κ1) is 18.2. The van der Waals surface area contributed by atoms with E-state index >= 15 is 0 Å². The molecule has 1 atom stereocenters. The van der Waals surface area contributed by atoms with Crippen LogP contribution in [0, 0.1) is 0 Å². The van der Waals surface area contributed by atoms with Crippen LogP contribution in [0.25, 0.3) is 0 Å². The molecule has 1 aromatic carbocycles. The zero-order chi connectivity index (χ0) is 16.4. The van der Waals surface area contributed by atoms with E-state index in [-0.39, 0.29) is 5.91 Å². The lowest BCUT2D eigenvalue weighted by atomic mass is 10.0. The molecule has 1 aromatic rings. The molecule has 0 aliphatic heterocycles. The first-order valence-corrected chi connectivity index (χ1v) is 7.85. The molecule has 5 heteroatoms. The minimum absolute atomic E-state index is 0.0199. The number of hydrogen-bond acceptors (Lipinski definition) is 3. The number of carboxylic acid groups (broad SMARTS) is 1. The van der Waals surface area contributed by atoms with Crippen LogP contribution in [0.15, 0.2) is 24.3 Å². The Morgan fingerprint density at radius 1 is 1.14 bits per heavy atom. The second kappa shape index (κ2) is 9.95. The summed E-state index contributed by atoms with van der Waals surface area (Å²) in [6.45, 7) is 2.88. The van der Waals surface area contributed by atoms with Crippen LogP contribution < -0.4 is 11.1 Å². The lowest BCUT2D eigenvalue weighted by Gasteiger charge is -2.08. The Balaban J connectivity index is 2.34. The Morgan fingerprint density at radius 2 is 1.77 bits per heavy atom. The number of benzene rings is 1. The number of aliphatic carboxylic acids is 1. The van der Waals surface area contributed by atoms with Crippen molar-refractivity contribution in [3.05, 3.63) is 35.4 Å². The molecular weight excluding hydrogens is 280 g/mol. The van der Waals surface area contributed by atoms with Crippen molar-refractivity contribution < 1.29 is 14.7 Å². The van der Waals surface area contributed by atoms with Gasteiger partial charge in [0.15, 0.2) is 0 Å². The fourth-order valence-corrected chi connectivity index (χ4v) is 2.16. The van der Waals surface area contributed by atoms with Crippen LogP contribution in [0.3, 0.4) is 0 Å². The van der Waals surface area contributed by atoms with Crippen LogP contribution in [0.2, 0.25) is 0 Å². The van der Waals surface area contributed by atoms with Gasteiger partial charge >= 0.3 is 5.97 Å². The van der Waals surface area contributed by atoms with Crippen molar-refractivity contribution in [3.8, 4) is 0 Å². The molecule has 22 heavy (non-hydrogen) atoms. The Labute approximate surface area is 131 Å². The molecule has 0 saturated carbocycles. The maximum Gasteiger partial charge on any atom is 0.320 e. The van der Waals surface area contributed by atoms with E-state index in [0.717, 1.165) is 30.5 Å². The number of nitrogens with two attached hydrogens (primary N) is 1. The number of carbonyl (C=O) groups is 2. The summed E-state index contributed by atoms with van der Waals surface area (Å²) in [7, 11) is 0. The van der Waals surface area contributed by atoms with Gasteiger partial charge in [-0.2, -0.15) is 0 Å². The molecule has 1 amide bonds. The summed E-state index contributed by atoms with van der Waals surface area (Å²) in [5.41, 5.74) is 7.27. The van der Waals surface area contributed by atoms with Crippen LogP contribution in [-0.2, 0) is 22.4 Å². The van der Waals surface area contributed by atoms with E-state index in [2.05, 4.69) is 12.2 Å². The van der Waals surface area contributed by atoms with Crippen molar-refractivity contribution in [2.45, 2.75) is 51.5 Å². The van der Waals surface area contributed by atoms with Crippen molar-refractivity contribution in [1.82, 2.24) is 5.32 Å². The molecule has 122 valence electrons. The Morgan fingerprint density at radius 3 is 2.36 bits per heavy atom. The lowest BCUT2D eigenvalue weighted by molar-refractivity contribution is -0.138. The summed E-state index contributed by atoms with van der Waals surface area (Å²) in [5, 5.41) is 11.7. The third-order valence-electron chi connectivity index (χ3n) is 3.51. The van der Waals surface area contributed by atoms with Gasteiger partial charge in [0.2, 0.25) is 5.91 Å². The summed E-state index contributed by atoms with van der Waals surface area (Å²) in [6.07, 6.45) is 5.20. The van der Waals surface area contributed by atoms with Crippen LogP contribution >= 0.6 is 0 Å².